The number of hydrogen-bond donors (Lipinski definition) is 5. The van der Waals surface area contributed by atoms with Crippen LogP contribution < -0.4 is 10.1 Å². The zero-order valence-electron chi connectivity index (χ0n) is 13.1. The van der Waals surface area contributed by atoms with Gasteiger partial charge in [0.1, 0.15) is 24.4 Å². The van der Waals surface area contributed by atoms with Crippen LogP contribution in [0.25, 0.3) is 0 Å². The summed E-state index contributed by atoms with van der Waals surface area (Å²) < 4.78 is 10.7. The number of nitrogens with one attached hydrogen (secondary N) is 1. The van der Waals surface area contributed by atoms with Crippen molar-refractivity contribution in [3.05, 3.63) is 28.3 Å². The summed E-state index contributed by atoms with van der Waals surface area (Å²) in [6.45, 7) is 0.550. The zero-order valence-corrected chi connectivity index (χ0v) is 13.1. The number of aliphatic hydroxyl groups is 3. The highest BCUT2D eigenvalue weighted by atomic mass is 16.7. The number of benzene rings is 1. The lowest BCUT2D eigenvalue weighted by molar-refractivity contribution is -0.385. The third-order valence-corrected chi connectivity index (χ3v) is 3.65. The first kappa shape index (κ1) is 18.9. The summed E-state index contributed by atoms with van der Waals surface area (Å²) in [6, 6.07) is 1.86. The predicted octanol–water partition coefficient (Wildman–Crippen LogP) is -1.38. The number of amides is 1. The molecule has 0 radical (unpaired) electrons. The number of carbonyl (C=O) groups excluding carboxylic acids is 1. The molecule has 2 rings (SSSR count). The maximum atomic E-state index is 11.3. The van der Waals surface area contributed by atoms with Crippen molar-refractivity contribution in [2.75, 3.05) is 6.61 Å². The zero-order chi connectivity index (χ0) is 18.7. The molecule has 0 aromatic heterocycles. The molecule has 1 heterocycles. The fourth-order valence-corrected chi connectivity index (χ4v) is 2.42. The van der Waals surface area contributed by atoms with Crippen LogP contribution in [0.2, 0.25) is 0 Å². The van der Waals surface area contributed by atoms with Crippen molar-refractivity contribution in [2.24, 2.45) is 0 Å². The minimum absolute atomic E-state index is 0.203. The fourth-order valence-electron chi connectivity index (χ4n) is 2.42. The van der Waals surface area contributed by atoms with Gasteiger partial charge in [-0.1, -0.05) is 0 Å². The Kier molecular flexibility index (Phi) is 5.74. The van der Waals surface area contributed by atoms with E-state index >= 15 is 0 Å². The van der Waals surface area contributed by atoms with Crippen LogP contribution in [0.4, 0.5) is 5.69 Å². The van der Waals surface area contributed by atoms with Gasteiger partial charge < -0.3 is 35.2 Å². The van der Waals surface area contributed by atoms with Gasteiger partial charge in [-0.25, -0.2) is 0 Å². The first-order valence-corrected chi connectivity index (χ1v) is 7.28. The largest absolute Gasteiger partial charge is 0.504 e. The molecule has 1 fully saturated rings. The summed E-state index contributed by atoms with van der Waals surface area (Å²) in [6.07, 6.45) is -5.55. The van der Waals surface area contributed by atoms with Gasteiger partial charge in [0.2, 0.25) is 12.2 Å². The highest BCUT2D eigenvalue weighted by molar-refractivity contribution is 5.73. The Balaban J connectivity index is 2.26. The molecule has 1 aromatic carbocycles. The molecular formula is C14H18N2O9. The van der Waals surface area contributed by atoms with Gasteiger partial charge in [0, 0.05) is 13.0 Å². The van der Waals surface area contributed by atoms with Crippen LogP contribution in [-0.2, 0) is 9.53 Å². The lowest BCUT2D eigenvalue weighted by atomic mass is 9.97. The fraction of sp³-hybridized carbons (Fsp3) is 0.500. The van der Waals surface area contributed by atoms with Crippen molar-refractivity contribution in [3.63, 3.8) is 0 Å². The molecule has 1 aromatic rings. The normalized spacial score (nSPS) is 29.0. The van der Waals surface area contributed by atoms with E-state index in [1.807, 2.05) is 0 Å². The molecule has 0 unspecified atom stereocenters. The van der Waals surface area contributed by atoms with Crippen molar-refractivity contribution < 1.29 is 39.6 Å². The number of nitrogens with zero attached hydrogens (tertiary/aromatic N) is 1. The second-order valence-corrected chi connectivity index (χ2v) is 5.46. The van der Waals surface area contributed by atoms with Crippen molar-refractivity contribution in [1.82, 2.24) is 5.32 Å². The molecule has 138 valence electrons. The summed E-state index contributed by atoms with van der Waals surface area (Å²) in [5, 5.41) is 52.1. The number of hydrogen-bond acceptors (Lipinski definition) is 9. The molecule has 11 nitrogen and oxygen atoms in total. The smallest absolute Gasteiger partial charge is 0.273 e. The van der Waals surface area contributed by atoms with Crippen LogP contribution >= 0.6 is 0 Å². The van der Waals surface area contributed by atoms with Gasteiger partial charge in [-0.2, -0.15) is 0 Å². The maximum absolute atomic E-state index is 11.3. The van der Waals surface area contributed by atoms with Gasteiger partial charge in [-0.15, -0.1) is 0 Å². The van der Waals surface area contributed by atoms with Crippen LogP contribution in [0, 0.1) is 10.1 Å². The van der Waals surface area contributed by atoms with E-state index in [1.165, 1.54) is 6.92 Å². The molecule has 0 bridgehead atoms. The van der Waals surface area contributed by atoms with E-state index in [4.69, 9.17) is 9.47 Å². The number of ether oxygens (including phenoxy) is 2. The molecule has 5 N–H and O–H groups in total. The highest BCUT2D eigenvalue weighted by Gasteiger charge is 2.46. The number of phenolic OH excluding ortho intramolecular Hbond substituents is 1. The predicted molar refractivity (Wildman–Crippen MR) is 80.8 cm³/mol. The first-order valence-electron chi connectivity index (χ1n) is 7.28. The van der Waals surface area contributed by atoms with Gasteiger partial charge in [0.25, 0.3) is 5.69 Å². The lowest BCUT2D eigenvalue weighted by Gasteiger charge is -2.42. The number of phenols is 1. The molecule has 0 spiro atoms. The Labute approximate surface area is 141 Å². The number of nitro groups is 1. The monoisotopic (exact) mass is 358 g/mol. The van der Waals surface area contributed by atoms with Crippen molar-refractivity contribution in [3.8, 4) is 11.5 Å². The van der Waals surface area contributed by atoms with Gasteiger partial charge in [-0.05, 0) is 6.07 Å². The topological polar surface area (TPSA) is 172 Å². The molecule has 5 atom stereocenters. The van der Waals surface area contributed by atoms with Gasteiger partial charge in [0.15, 0.2) is 11.5 Å². The number of aliphatic hydroxyl groups excluding tert-OH is 3. The van der Waals surface area contributed by atoms with E-state index in [0.29, 0.717) is 0 Å². The first-order chi connectivity index (χ1) is 11.7. The van der Waals surface area contributed by atoms with E-state index in [1.54, 1.807) is 0 Å². The average molecular weight is 358 g/mol. The summed E-state index contributed by atoms with van der Waals surface area (Å²) in [7, 11) is 0. The van der Waals surface area contributed by atoms with E-state index < -0.39 is 53.8 Å². The molecule has 0 saturated carbocycles. The minimum atomic E-state index is -1.51. The van der Waals surface area contributed by atoms with Crippen molar-refractivity contribution in [2.45, 2.75) is 37.6 Å². The average Bonchev–Trinajstić information content (AvgIpc) is 2.55. The maximum Gasteiger partial charge on any atom is 0.273 e. The molecular weight excluding hydrogens is 340 g/mol. The van der Waals surface area contributed by atoms with Crippen LogP contribution in [0.15, 0.2) is 18.2 Å². The molecule has 1 aliphatic heterocycles. The lowest BCUT2D eigenvalue weighted by Crippen LogP contribution is -2.65. The number of carbonyl (C=O) groups is 1. The Bertz CT molecular complexity index is 653. The number of aromatic hydroxyl groups is 1. The van der Waals surface area contributed by atoms with Crippen molar-refractivity contribution >= 4 is 11.6 Å². The number of rotatable bonds is 5. The highest BCUT2D eigenvalue weighted by Crippen LogP contribution is 2.33. The van der Waals surface area contributed by atoms with E-state index in [2.05, 4.69) is 5.32 Å². The van der Waals surface area contributed by atoms with Gasteiger partial charge >= 0.3 is 0 Å². The van der Waals surface area contributed by atoms with Crippen LogP contribution in [-0.4, -0.2) is 68.5 Å². The molecule has 1 saturated heterocycles. The SMILES string of the molecule is CC(=O)N[C@H]1[C@H](Oc2ccc([N+](=O)[O-])cc2O)O[C@H](CO)[C@@H](O)[C@@H]1O. The molecule has 25 heavy (non-hydrogen) atoms. The van der Waals surface area contributed by atoms with Crippen LogP contribution in [0.3, 0.4) is 0 Å². The third-order valence-electron chi connectivity index (χ3n) is 3.65. The third kappa shape index (κ3) is 4.14. The van der Waals surface area contributed by atoms with Crippen LogP contribution in [0.5, 0.6) is 11.5 Å². The summed E-state index contributed by atoms with van der Waals surface area (Å²) >= 11 is 0. The van der Waals surface area contributed by atoms with Crippen molar-refractivity contribution in [1.29, 1.82) is 0 Å². The van der Waals surface area contributed by atoms with Crippen LogP contribution in [0.1, 0.15) is 6.92 Å². The molecule has 0 aliphatic carbocycles. The second kappa shape index (κ2) is 7.61. The Hall–Kier alpha value is -2.47. The summed E-state index contributed by atoms with van der Waals surface area (Å²) in [4.78, 5) is 21.3. The molecule has 1 aliphatic rings. The Morgan fingerprint density at radius 1 is 1.40 bits per heavy atom. The summed E-state index contributed by atoms with van der Waals surface area (Å²) in [5.41, 5.74) is -0.364. The van der Waals surface area contributed by atoms with E-state index in [0.717, 1.165) is 18.2 Å². The number of nitro benzene ring substituents is 1. The van der Waals surface area contributed by atoms with Gasteiger partial charge in [-0.3, -0.25) is 14.9 Å². The number of non-ortho nitro benzene ring substituents is 1. The Morgan fingerprint density at radius 3 is 2.60 bits per heavy atom. The molecule has 1 amide bonds. The summed E-state index contributed by atoms with van der Waals surface area (Å²) in [5.74, 6) is -1.30. The second-order valence-electron chi connectivity index (χ2n) is 5.46. The molecule has 11 heteroatoms. The minimum Gasteiger partial charge on any atom is -0.504 e. The quantitative estimate of drug-likeness (QED) is 0.314. The van der Waals surface area contributed by atoms with E-state index in [9.17, 15) is 35.3 Å². The van der Waals surface area contributed by atoms with E-state index in [-0.39, 0.29) is 11.4 Å². The standard InChI is InChI=1S/C14H18N2O9/c1-6(18)15-11-13(21)12(20)10(5-17)25-14(11)24-9-3-2-7(16(22)23)4-8(9)19/h2-4,10-14,17,19-21H,5H2,1H3,(H,15,18)/t10-,11-,12-,13-,14-/m1/s1. The van der Waals surface area contributed by atoms with Gasteiger partial charge in [0.05, 0.1) is 17.6 Å². The Morgan fingerprint density at radius 2 is 2.08 bits per heavy atom.